The van der Waals surface area contributed by atoms with Gasteiger partial charge in [-0.15, -0.1) is 6.58 Å². The first-order chi connectivity index (χ1) is 6.29. The highest BCUT2D eigenvalue weighted by Crippen LogP contribution is 2.21. The van der Waals surface area contributed by atoms with Crippen molar-refractivity contribution >= 4 is 0 Å². The molecule has 1 aromatic rings. The van der Waals surface area contributed by atoms with Gasteiger partial charge in [0.1, 0.15) is 0 Å². The highest BCUT2D eigenvalue weighted by atomic mass is 16.3. The van der Waals surface area contributed by atoms with Gasteiger partial charge >= 0.3 is 0 Å². The third-order valence-corrected chi connectivity index (χ3v) is 1.88. The molecular formula is C11H11NO. The summed E-state index contributed by atoms with van der Waals surface area (Å²) in [5.74, 6) is -0.539. The van der Waals surface area contributed by atoms with Gasteiger partial charge in [0.25, 0.3) is 0 Å². The van der Waals surface area contributed by atoms with Crippen LogP contribution < -0.4 is 0 Å². The summed E-state index contributed by atoms with van der Waals surface area (Å²) in [4.78, 5) is 0. The van der Waals surface area contributed by atoms with Crippen LogP contribution in [-0.2, 0) is 0 Å². The third-order valence-electron chi connectivity index (χ3n) is 1.88. The molecule has 0 aromatic heterocycles. The van der Waals surface area contributed by atoms with Crippen LogP contribution in [0, 0.1) is 17.2 Å². The summed E-state index contributed by atoms with van der Waals surface area (Å²) in [6, 6.07) is 11.1. The average Bonchev–Trinajstić information content (AvgIpc) is 2.21. The van der Waals surface area contributed by atoms with Gasteiger partial charge in [-0.05, 0) is 5.56 Å². The summed E-state index contributed by atoms with van der Waals surface area (Å²) < 4.78 is 0. The van der Waals surface area contributed by atoms with E-state index in [-0.39, 0.29) is 0 Å². The minimum atomic E-state index is -0.774. The van der Waals surface area contributed by atoms with Gasteiger partial charge < -0.3 is 5.11 Å². The second-order valence-electron chi connectivity index (χ2n) is 2.75. The predicted molar refractivity (Wildman–Crippen MR) is 50.7 cm³/mol. The fourth-order valence-electron chi connectivity index (χ4n) is 1.11. The van der Waals surface area contributed by atoms with E-state index in [0.717, 1.165) is 5.56 Å². The summed E-state index contributed by atoms with van der Waals surface area (Å²) in [5.41, 5.74) is 0.744. The highest BCUT2D eigenvalue weighted by molar-refractivity contribution is 5.21. The Bertz CT molecular complexity index is 313. The second kappa shape index (κ2) is 4.44. The minimum Gasteiger partial charge on any atom is -0.387 e. The van der Waals surface area contributed by atoms with Gasteiger partial charge in [-0.2, -0.15) is 5.26 Å². The maximum atomic E-state index is 9.69. The van der Waals surface area contributed by atoms with Crippen molar-refractivity contribution < 1.29 is 5.11 Å². The van der Waals surface area contributed by atoms with Crippen molar-refractivity contribution in [2.75, 3.05) is 0 Å². The summed E-state index contributed by atoms with van der Waals surface area (Å²) in [6.07, 6.45) is 0.682. The van der Waals surface area contributed by atoms with Crippen LogP contribution in [0.4, 0.5) is 0 Å². The van der Waals surface area contributed by atoms with Crippen LogP contribution in [0.25, 0.3) is 0 Å². The Hall–Kier alpha value is -1.59. The normalized spacial score (nSPS) is 14.2. The Morgan fingerprint density at radius 3 is 2.46 bits per heavy atom. The number of rotatable bonds is 3. The lowest BCUT2D eigenvalue weighted by molar-refractivity contribution is 0.154. The molecule has 0 aliphatic carbocycles. The van der Waals surface area contributed by atoms with E-state index in [1.165, 1.54) is 6.08 Å². The molecule has 0 spiro atoms. The van der Waals surface area contributed by atoms with Crippen LogP contribution in [0.15, 0.2) is 43.0 Å². The molecule has 2 nitrogen and oxygen atoms in total. The molecule has 0 fully saturated rings. The zero-order chi connectivity index (χ0) is 9.68. The summed E-state index contributed by atoms with van der Waals surface area (Å²) >= 11 is 0. The molecule has 1 rings (SSSR count). The average molecular weight is 173 g/mol. The lowest BCUT2D eigenvalue weighted by Crippen LogP contribution is -2.07. The first kappa shape index (κ1) is 9.50. The number of hydrogen-bond acceptors (Lipinski definition) is 2. The third kappa shape index (κ3) is 2.17. The van der Waals surface area contributed by atoms with Gasteiger partial charge in [0.2, 0.25) is 0 Å². The number of nitrogens with zero attached hydrogens (tertiary/aromatic N) is 1. The molecule has 13 heavy (non-hydrogen) atoms. The van der Waals surface area contributed by atoms with Crippen molar-refractivity contribution in [3.63, 3.8) is 0 Å². The SMILES string of the molecule is C=CC(C#N)C(O)c1ccccc1. The van der Waals surface area contributed by atoms with Crippen LogP contribution in [0.3, 0.4) is 0 Å². The number of aliphatic hydroxyl groups excluding tert-OH is 1. The minimum absolute atomic E-state index is 0.539. The van der Waals surface area contributed by atoms with E-state index < -0.39 is 12.0 Å². The van der Waals surface area contributed by atoms with E-state index in [1.807, 2.05) is 24.3 Å². The molecule has 2 atom stereocenters. The van der Waals surface area contributed by atoms with Crippen molar-refractivity contribution in [1.29, 1.82) is 5.26 Å². The fourth-order valence-corrected chi connectivity index (χ4v) is 1.11. The number of benzene rings is 1. The van der Waals surface area contributed by atoms with E-state index in [1.54, 1.807) is 12.1 Å². The zero-order valence-electron chi connectivity index (χ0n) is 7.22. The molecule has 0 saturated heterocycles. The van der Waals surface area contributed by atoms with Gasteiger partial charge in [0.15, 0.2) is 0 Å². The topological polar surface area (TPSA) is 44.0 Å². The Labute approximate surface area is 77.8 Å². The molecule has 1 N–H and O–H groups in total. The first-order valence-electron chi connectivity index (χ1n) is 4.04. The Kier molecular flexibility index (Phi) is 3.24. The summed E-state index contributed by atoms with van der Waals surface area (Å²) in [5, 5.41) is 18.4. The monoisotopic (exact) mass is 173 g/mol. The Morgan fingerprint density at radius 1 is 1.38 bits per heavy atom. The molecule has 2 unspecified atom stereocenters. The maximum absolute atomic E-state index is 9.69. The van der Waals surface area contributed by atoms with E-state index in [9.17, 15) is 5.11 Å². The van der Waals surface area contributed by atoms with Crippen LogP contribution in [0.5, 0.6) is 0 Å². The Morgan fingerprint density at radius 2 is 2.00 bits per heavy atom. The van der Waals surface area contributed by atoms with Gasteiger partial charge in [-0.1, -0.05) is 36.4 Å². The van der Waals surface area contributed by atoms with E-state index in [0.29, 0.717) is 0 Å². The standard InChI is InChI=1S/C11H11NO/c1-2-9(8-12)11(13)10-6-4-3-5-7-10/h2-7,9,11,13H,1H2. The molecule has 0 saturated carbocycles. The fraction of sp³-hybridized carbons (Fsp3) is 0.182. The van der Waals surface area contributed by atoms with Gasteiger partial charge in [0, 0.05) is 0 Å². The number of hydrogen-bond donors (Lipinski definition) is 1. The number of nitriles is 1. The van der Waals surface area contributed by atoms with Crippen molar-refractivity contribution in [1.82, 2.24) is 0 Å². The molecule has 66 valence electrons. The van der Waals surface area contributed by atoms with Crippen molar-refractivity contribution in [3.05, 3.63) is 48.6 Å². The molecular weight excluding hydrogens is 162 g/mol. The number of aliphatic hydroxyl groups is 1. The highest BCUT2D eigenvalue weighted by Gasteiger charge is 2.16. The molecule has 0 radical (unpaired) electrons. The molecule has 2 heteroatoms. The molecule has 0 bridgehead atoms. The van der Waals surface area contributed by atoms with E-state index in [2.05, 4.69) is 6.58 Å². The maximum Gasteiger partial charge on any atom is 0.0983 e. The van der Waals surface area contributed by atoms with Gasteiger partial charge in [0.05, 0.1) is 18.1 Å². The molecule has 0 heterocycles. The van der Waals surface area contributed by atoms with Crippen LogP contribution >= 0.6 is 0 Å². The lowest BCUT2D eigenvalue weighted by atomic mass is 9.97. The van der Waals surface area contributed by atoms with E-state index >= 15 is 0 Å². The summed E-state index contributed by atoms with van der Waals surface area (Å²) in [7, 11) is 0. The summed E-state index contributed by atoms with van der Waals surface area (Å²) in [6.45, 7) is 3.50. The smallest absolute Gasteiger partial charge is 0.0983 e. The van der Waals surface area contributed by atoms with Crippen molar-refractivity contribution in [3.8, 4) is 6.07 Å². The second-order valence-corrected chi connectivity index (χ2v) is 2.75. The largest absolute Gasteiger partial charge is 0.387 e. The molecule has 1 aromatic carbocycles. The van der Waals surface area contributed by atoms with E-state index in [4.69, 9.17) is 5.26 Å². The van der Waals surface area contributed by atoms with Gasteiger partial charge in [-0.3, -0.25) is 0 Å². The Balaban J connectivity index is 2.85. The first-order valence-corrected chi connectivity index (χ1v) is 4.04. The van der Waals surface area contributed by atoms with Crippen LogP contribution in [0.2, 0.25) is 0 Å². The predicted octanol–water partition coefficient (Wildman–Crippen LogP) is 2.05. The van der Waals surface area contributed by atoms with Crippen molar-refractivity contribution in [2.24, 2.45) is 5.92 Å². The zero-order valence-corrected chi connectivity index (χ0v) is 7.22. The lowest BCUT2D eigenvalue weighted by Gasteiger charge is -2.12. The van der Waals surface area contributed by atoms with Crippen LogP contribution in [0.1, 0.15) is 11.7 Å². The quantitative estimate of drug-likeness (QED) is 0.711. The molecule has 0 aliphatic heterocycles. The molecule has 0 aliphatic rings. The van der Waals surface area contributed by atoms with Crippen molar-refractivity contribution in [2.45, 2.75) is 6.10 Å². The van der Waals surface area contributed by atoms with Gasteiger partial charge in [-0.25, -0.2) is 0 Å². The molecule has 0 amide bonds. The van der Waals surface area contributed by atoms with Crippen LogP contribution in [-0.4, -0.2) is 5.11 Å².